The third kappa shape index (κ3) is 3.27. The van der Waals surface area contributed by atoms with E-state index in [0.29, 0.717) is 17.0 Å². The number of para-hydroxylation sites is 1. The highest BCUT2D eigenvalue weighted by atomic mass is 32.2. The molecule has 28 heavy (non-hydrogen) atoms. The molecule has 0 spiro atoms. The van der Waals surface area contributed by atoms with Crippen molar-refractivity contribution >= 4 is 39.9 Å². The highest BCUT2D eigenvalue weighted by molar-refractivity contribution is 8.18. The largest absolute Gasteiger partial charge is 0.342 e. The summed E-state index contributed by atoms with van der Waals surface area (Å²) in [6, 6.07) is 14.4. The van der Waals surface area contributed by atoms with Gasteiger partial charge in [-0.25, -0.2) is 4.39 Å². The van der Waals surface area contributed by atoms with Crippen LogP contribution in [0.4, 0.5) is 9.18 Å². The van der Waals surface area contributed by atoms with E-state index >= 15 is 0 Å². The van der Waals surface area contributed by atoms with Crippen molar-refractivity contribution in [1.29, 1.82) is 0 Å². The molecule has 1 fully saturated rings. The molecule has 2 heterocycles. The lowest BCUT2D eigenvalue weighted by Crippen LogP contribution is -2.27. The predicted molar refractivity (Wildman–Crippen MR) is 110 cm³/mol. The van der Waals surface area contributed by atoms with Crippen molar-refractivity contribution in [3.05, 3.63) is 89.2 Å². The number of imide groups is 1. The summed E-state index contributed by atoms with van der Waals surface area (Å²) in [5, 5.41) is 0.639. The third-order valence-electron chi connectivity index (χ3n) is 4.59. The molecule has 4 rings (SSSR count). The van der Waals surface area contributed by atoms with Crippen molar-refractivity contribution in [1.82, 2.24) is 9.47 Å². The van der Waals surface area contributed by atoms with Gasteiger partial charge in [-0.3, -0.25) is 14.5 Å². The Morgan fingerprint density at radius 1 is 1.07 bits per heavy atom. The van der Waals surface area contributed by atoms with Crippen molar-refractivity contribution < 1.29 is 14.0 Å². The fraction of sp³-hybridized carbons (Fsp3) is 0.0909. The molecule has 1 aliphatic rings. The number of benzene rings is 2. The molecular formula is C22H17FN2O2S. The van der Waals surface area contributed by atoms with Gasteiger partial charge in [-0.2, -0.15) is 0 Å². The maximum Gasteiger partial charge on any atom is 0.293 e. The van der Waals surface area contributed by atoms with E-state index in [1.54, 1.807) is 24.3 Å². The van der Waals surface area contributed by atoms with E-state index in [0.717, 1.165) is 28.2 Å². The van der Waals surface area contributed by atoms with Crippen LogP contribution in [0.25, 0.3) is 17.0 Å². The molecule has 140 valence electrons. The van der Waals surface area contributed by atoms with Crippen molar-refractivity contribution in [2.45, 2.75) is 6.54 Å². The molecule has 0 radical (unpaired) electrons. The second-order valence-electron chi connectivity index (χ2n) is 6.40. The Bertz CT molecular complexity index is 1130. The zero-order valence-corrected chi connectivity index (χ0v) is 15.8. The number of halogens is 1. The lowest BCUT2D eigenvalue weighted by molar-refractivity contribution is -0.122. The zero-order chi connectivity index (χ0) is 19.7. The summed E-state index contributed by atoms with van der Waals surface area (Å²) in [6.45, 7) is 4.15. The van der Waals surface area contributed by atoms with E-state index in [9.17, 15) is 14.0 Å². The van der Waals surface area contributed by atoms with Gasteiger partial charge in [-0.05, 0) is 30.0 Å². The molecule has 2 aromatic carbocycles. The van der Waals surface area contributed by atoms with Crippen LogP contribution in [0.5, 0.6) is 0 Å². The lowest BCUT2D eigenvalue weighted by atomic mass is 10.1. The Kier molecular flexibility index (Phi) is 4.88. The smallest absolute Gasteiger partial charge is 0.293 e. The number of aromatic nitrogens is 1. The minimum absolute atomic E-state index is 0.192. The number of carbonyl (C=O) groups excluding carboxylic acids is 2. The maximum absolute atomic E-state index is 14.1. The number of fused-ring (bicyclic) bond motifs is 1. The molecule has 0 bridgehead atoms. The maximum atomic E-state index is 14.1. The van der Waals surface area contributed by atoms with Crippen molar-refractivity contribution in [3.8, 4) is 0 Å². The SMILES string of the molecule is C=CCN1C(=O)S/C(=C/c2cn(Cc3ccccc3F)c3ccccc23)C1=O. The third-order valence-corrected chi connectivity index (χ3v) is 5.50. The van der Waals surface area contributed by atoms with Crippen LogP contribution in [0, 0.1) is 5.82 Å². The van der Waals surface area contributed by atoms with Crippen LogP contribution in [-0.4, -0.2) is 27.2 Å². The first-order valence-corrected chi connectivity index (χ1v) is 9.57. The summed E-state index contributed by atoms with van der Waals surface area (Å²) in [4.78, 5) is 26.1. The van der Waals surface area contributed by atoms with Crippen LogP contribution >= 0.6 is 11.8 Å². The van der Waals surface area contributed by atoms with Gasteiger partial charge in [0.1, 0.15) is 5.82 Å². The molecule has 1 aliphatic heterocycles. The number of hydrogen-bond acceptors (Lipinski definition) is 3. The highest BCUT2D eigenvalue weighted by Gasteiger charge is 2.34. The molecule has 6 heteroatoms. The van der Waals surface area contributed by atoms with E-state index in [4.69, 9.17) is 0 Å². The molecule has 0 aliphatic carbocycles. The molecule has 4 nitrogen and oxygen atoms in total. The number of nitrogens with zero attached hydrogens (tertiary/aromatic N) is 2. The van der Waals surface area contributed by atoms with Gasteiger partial charge < -0.3 is 4.57 Å². The minimum atomic E-state index is -0.319. The normalized spacial score (nSPS) is 15.8. The Morgan fingerprint density at radius 3 is 2.61 bits per heavy atom. The summed E-state index contributed by atoms with van der Waals surface area (Å²) >= 11 is 0.922. The minimum Gasteiger partial charge on any atom is -0.342 e. The highest BCUT2D eigenvalue weighted by Crippen LogP contribution is 2.34. The molecule has 0 unspecified atom stereocenters. The quantitative estimate of drug-likeness (QED) is 0.451. The van der Waals surface area contributed by atoms with Crippen LogP contribution < -0.4 is 0 Å². The number of hydrogen-bond donors (Lipinski definition) is 0. The summed E-state index contributed by atoms with van der Waals surface area (Å²) in [5.74, 6) is -0.576. The van der Waals surface area contributed by atoms with Gasteiger partial charge in [0.25, 0.3) is 11.1 Å². The summed E-state index contributed by atoms with van der Waals surface area (Å²) in [6.07, 6.45) is 5.15. The number of rotatable bonds is 5. The Hall–Kier alpha value is -3.12. The fourth-order valence-electron chi connectivity index (χ4n) is 3.26. The average molecular weight is 392 g/mol. The van der Waals surface area contributed by atoms with E-state index in [1.807, 2.05) is 35.0 Å². The zero-order valence-electron chi connectivity index (χ0n) is 15.0. The lowest BCUT2D eigenvalue weighted by Gasteiger charge is -2.07. The van der Waals surface area contributed by atoms with Gasteiger partial charge >= 0.3 is 0 Å². The molecule has 3 aromatic rings. The van der Waals surface area contributed by atoms with Crippen molar-refractivity contribution in [3.63, 3.8) is 0 Å². The standard InChI is InChI=1S/C22H17FN2O2S/c1-2-11-25-21(26)20(28-22(25)27)12-16-14-24(19-10-6-4-8-17(16)19)13-15-7-3-5-9-18(15)23/h2-10,12,14H,1,11,13H2/b20-12+. The van der Waals surface area contributed by atoms with E-state index in [1.165, 1.54) is 17.0 Å². The summed E-state index contributed by atoms with van der Waals surface area (Å²) in [5.41, 5.74) is 2.33. The van der Waals surface area contributed by atoms with Crippen LogP contribution in [0.1, 0.15) is 11.1 Å². The van der Waals surface area contributed by atoms with Gasteiger partial charge in [0.2, 0.25) is 0 Å². The van der Waals surface area contributed by atoms with Gasteiger partial charge in [0.05, 0.1) is 11.4 Å². The monoisotopic (exact) mass is 392 g/mol. The molecular weight excluding hydrogens is 375 g/mol. The first kappa shape index (κ1) is 18.3. The Balaban J connectivity index is 1.75. The van der Waals surface area contributed by atoms with E-state index in [2.05, 4.69) is 6.58 Å². The molecule has 2 amide bonds. The number of carbonyl (C=O) groups is 2. The van der Waals surface area contributed by atoms with Crippen LogP contribution in [0.15, 0.2) is 72.3 Å². The average Bonchev–Trinajstić information content (AvgIpc) is 3.17. The van der Waals surface area contributed by atoms with Crippen molar-refractivity contribution in [2.75, 3.05) is 6.54 Å². The predicted octanol–water partition coefficient (Wildman–Crippen LogP) is 5.05. The van der Waals surface area contributed by atoms with Crippen molar-refractivity contribution in [2.24, 2.45) is 0 Å². The fourth-order valence-corrected chi connectivity index (χ4v) is 4.10. The molecule has 0 atom stereocenters. The summed E-state index contributed by atoms with van der Waals surface area (Å²) in [7, 11) is 0. The van der Waals surface area contributed by atoms with Gasteiger partial charge in [-0.15, -0.1) is 6.58 Å². The van der Waals surface area contributed by atoms with Crippen LogP contribution in [0.3, 0.4) is 0 Å². The first-order valence-electron chi connectivity index (χ1n) is 8.76. The van der Waals surface area contributed by atoms with Crippen LogP contribution in [0.2, 0.25) is 0 Å². The topological polar surface area (TPSA) is 42.3 Å². The Labute approximate surface area is 165 Å². The van der Waals surface area contributed by atoms with E-state index < -0.39 is 0 Å². The molecule has 1 aromatic heterocycles. The van der Waals surface area contributed by atoms with Gasteiger partial charge in [-0.1, -0.05) is 42.5 Å². The molecule has 1 saturated heterocycles. The van der Waals surface area contributed by atoms with E-state index in [-0.39, 0.29) is 23.5 Å². The molecule has 0 saturated carbocycles. The van der Waals surface area contributed by atoms with Gasteiger partial charge in [0.15, 0.2) is 0 Å². The Morgan fingerprint density at radius 2 is 1.82 bits per heavy atom. The van der Waals surface area contributed by atoms with Gasteiger partial charge in [0, 0.05) is 34.8 Å². The second-order valence-corrected chi connectivity index (χ2v) is 7.40. The number of thioether (sulfide) groups is 1. The summed E-state index contributed by atoms with van der Waals surface area (Å²) < 4.78 is 16.0. The van der Waals surface area contributed by atoms with Crippen LogP contribution in [-0.2, 0) is 11.3 Å². The number of amides is 2. The first-order chi connectivity index (χ1) is 13.6. The molecule has 0 N–H and O–H groups in total. The second kappa shape index (κ2) is 7.48.